The molecule has 0 saturated carbocycles. The van der Waals surface area contributed by atoms with Crippen LogP contribution >= 0.6 is 11.3 Å². The number of piperazine rings is 1. The molecule has 1 aliphatic heterocycles. The Morgan fingerprint density at radius 2 is 2.22 bits per heavy atom. The Hall–Kier alpha value is -1.70. The molecule has 2 aromatic heterocycles. The van der Waals surface area contributed by atoms with Gasteiger partial charge in [-0.25, -0.2) is 0 Å². The van der Waals surface area contributed by atoms with E-state index in [0.29, 0.717) is 24.2 Å². The topological polar surface area (TPSA) is 61.6 Å². The highest BCUT2D eigenvalue weighted by Gasteiger charge is 2.23. The van der Waals surface area contributed by atoms with E-state index in [1.54, 1.807) is 24.3 Å². The summed E-state index contributed by atoms with van der Waals surface area (Å²) in [6.07, 6.45) is 0. The predicted molar refractivity (Wildman–Crippen MR) is 90.6 cm³/mol. The number of amides is 1. The minimum atomic E-state index is -0.0439. The van der Waals surface area contributed by atoms with E-state index in [1.165, 1.54) is 5.56 Å². The monoisotopic (exact) mass is 334 g/mol. The van der Waals surface area contributed by atoms with Gasteiger partial charge < -0.3 is 9.84 Å². The average molecular weight is 334 g/mol. The normalized spacial score (nSPS) is 18.0. The molecule has 1 amide bonds. The van der Waals surface area contributed by atoms with E-state index >= 15 is 0 Å². The zero-order valence-electron chi connectivity index (χ0n) is 13.5. The van der Waals surface area contributed by atoms with Crippen molar-refractivity contribution >= 4 is 23.1 Å². The molecule has 1 N–H and O–H groups in total. The van der Waals surface area contributed by atoms with E-state index < -0.39 is 0 Å². The second-order valence-corrected chi connectivity index (χ2v) is 6.70. The number of hydrogen-bond donors (Lipinski definition) is 1. The lowest BCUT2D eigenvalue weighted by molar-refractivity contribution is -0.117. The first kappa shape index (κ1) is 16.2. The summed E-state index contributed by atoms with van der Waals surface area (Å²) in [5.74, 6) is 1.13. The lowest BCUT2D eigenvalue weighted by atomic mass is 10.1. The van der Waals surface area contributed by atoms with Crippen LogP contribution in [0.1, 0.15) is 24.3 Å². The van der Waals surface area contributed by atoms with Gasteiger partial charge in [0.05, 0.1) is 6.54 Å². The Morgan fingerprint density at radius 1 is 1.43 bits per heavy atom. The highest BCUT2D eigenvalue weighted by molar-refractivity contribution is 7.07. The third-order valence-corrected chi connectivity index (χ3v) is 4.94. The number of carbonyl (C=O) groups is 1. The summed E-state index contributed by atoms with van der Waals surface area (Å²) in [6, 6.07) is 4.35. The van der Waals surface area contributed by atoms with Crippen LogP contribution in [0.15, 0.2) is 27.4 Å². The molecule has 0 aliphatic carbocycles. The van der Waals surface area contributed by atoms with Crippen LogP contribution in [-0.4, -0.2) is 53.6 Å². The van der Waals surface area contributed by atoms with Crippen LogP contribution < -0.4 is 5.32 Å². The number of hydrogen-bond acceptors (Lipinski definition) is 6. The molecule has 0 unspecified atom stereocenters. The second-order valence-electron chi connectivity index (χ2n) is 5.92. The molecule has 23 heavy (non-hydrogen) atoms. The van der Waals surface area contributed by atoms with Crippen molar-refractivity contribution in [1.82, 2.24) is 15.0 Å². The fraction of sp³-hybridized carbons (Fsp3) is 0.500. The molecule has 1 aliphatic rings. The largest absolute Gasteiger partial charge is 0.360 e. The zero-order valence-corrected chi connectivity index (χ0v) is 14.3. The summed E-state index contributed by atoms with van der Waals surface area (Å²) in [5, 5.41) is 10.9. The van der Waals surface area contributed by atoms with Gasteiger partial charge in [0.15, 0.2) is 5.82 Å². The fourth-order valence-corrected chi connectivity index (χ4v) is 3.59. The van der Waals surface area contributed by atoms with Gasteiger partial charge in [-0.1, -0.05) is 5.16 Å². The van der Waals surface area contributed by atoms with Gasteiger partial charge >= 0.3 is 0 Å². The van der Waals surface area contributed by atoms with Crippen molar-refractivity contribution in [2.75, 3.05) is 38.0 Å². The van der Waals surface area contributed by atoms with Gasteiger partial charge in [-0.3, -0.25) is 14.6 Å². The van der Waals surface area contributed by atoms with Gasteiger partial charge in [0.1, 0.15) is 5.76 Å². The van der Waals surface area contributed by atoms with Crippen LogP contribution in [0.25, 0.3) is 0 Å². The molecule has 0 bridgehead atoms. The molecule has 2 aromatic rings. The van der Waals surface area contributed by atoms with Crippen molar-refractivity contribution in [2.24, 2.45) is 0 Å². The molecule has 1 fully saturated rings. The number of nitrogens with one attached hydrogen (secondary N) is 1. The molecule has 0 radical (unpaired) electrons. The van der Waals surface area contributed by atoms with Crippen molar-refractivity contribution < 1.29 is 9.32 Å². The summed E-state index contributed by atoms with van der Waals surface area (Å²) < 4.78 is 4.95. The van der Waals surface area contributed by atoms with E-state index in [9.17, 15) is 4.79 Å². The Balaban J connectivity index is 1.44. The number of rotatable bonds is 5. The molecular weight excluding hydrogens is 312 g/mol. The molecular formula is C16H22N4O2S. The summed E-state index contributed by atoms with van der Waals surface area (Å²) in [6.45, 7) is 8.21. The van der Waals surface area contributed by atoms with Crippen LogP contribution in [0, 0.1) is 6.92 Å². The fourth-order valence-electron chi connectivity index (χ4n) is 2.84. The second kappa shape index (κ2) is 7.25. The number of carbonyl (C=O) groups excluding carboxylic acids is 1. The number of aryl methyl sites for hydroxylation is 1. The van der Waals surface area contributed by atoms with E-state index in [0.717, 1.165) is 26.2 Å². The van der Waals surface area contributed by atoms with Crippen molar-refractivity contribution in [2.45, 2.75) is 19.9 Å². The van der Waals surface area contributed by atoms with Crippen molar-refractivity contribution in [1.29, 1.82) is 0 Å². The molecule has 0 spiro atoms. The SMILES string of the molecule is Cc1cc(NC(=O)CN2CCN([C@H](C)c3ccsc3)CC2)no1. The molecule has 6 nitrogen and oxygen atoms in total. The molecule has 3 rings (SSSR count). The maximum Gasteiger partial charge on any atom is 0.239 e. The molecule has 0 aromatic carbocycles. The first-order valence-electron chi connectivity index (χ1n) is 7.83. The Labute approximate surface area is 140 Å². The minimum absolute atomic E-state index is 0.0439. The molecule has 1 saturated heterocycles. The summed E-state index contributed by atoms with van der Waals surface area (Å²) in [7, 11) is 0. The van der Waals surface area contributed by atoms with Gasteiger partial charge in [-0.2, -0.15) is 11.3 Å². The number of thiophene rings is 1. The molecule has 1 atom stereocenters. The third-order valence-electron chi connectivity index (χ3n) is 4.24. The standard InChI is InChI=1S/C16H22N4O2S/c1-12-9-15(18-22-12)17-16(21)10-19-4-6-20(7-5-19)13(2)14-3-8-23-11-14/h3,8-9,11,13H,4-7,10H2,1-2H3,(H,17,18,21)/t13-/m1/s1. The first-order chi connectivity index (χ1) is 11.1. The van der Waals surface area contributed by atoms with E-state index in [4.69, 9.17) is 4.52 Å². The van der Waals surface area contributed by atoms with Gasteiger partial charge in [-0.15, -0.1) is 0 Å². The van der Waals surface area contributed by atoms with Gasteiger partial charge in [0, 0.05) is 38.3 Å². The van der Waals surface area contributed by atoms with Crippen LogP contribution in [0.3, 0.4) is 0 Å². The van der Waals surface area contributed by atoms with E-state index in [2.05, 4.69) is 44.0 Å². The highest BCUT2D eigenvalue weighted by Crippen LogP contribution is 2.23. The van der Waals surface area contributed by atoms with Crippen molar-refractivity contribution in [3.63, 3.8) is 0 Å². The first-order valence-corrected chi connectivity index (χ1v) is 8.78. The Morgan fingerprint density at radius 3 is 2.83 bits per heavy atom. The maximum atomic E-state index is 12.0. The number of anilines is 1. The lowest BCUT2D eigenvalue weighted by Crippen LogP contribution is -2.49. The summed E-state index contributed by atoms with van der Waals surface area (Å²) in [5.41, 5.74) is 1.38. The molecule has 7 heteroatoms. The average Bonchev–Trinajstić information content (AvgIpc) is 3.19. The van der Waals surface area contributed by atoms with Gasteiger partial charge in [-0.05, 0) is 36.2 Å². The zero-order chi connectivity index (χ0) is 16.2. The molecule has 3 heterocycles. The Kier molecular flexibility index (Phi) is 5.09. The highest BCUT2D eigenvalue weighted by atomic mass is 32.1. The Bertz CT molecular complexity index is 632. The van der Waals surface area contributed by atoms with Gasteiger partial charge in [0.25, 0.3) is 0 Å². The van der Waals surface area contributed by atoms with Crippen LogP contribution in [0.5, 0.6) is 0 Å². The van der Waals surface area contributed by atoms with Crippen LogP contribution in [-0.2, 0) is 4.79 Å². The smallest absolute Gasteiger partial charge is 0.239 e. The minimum Gasteiger partial charge on any atom is -0.360 e. The van der Waals surface area contributed by atoms with Gasteiger partial charge in [0.2, 0.25) is 5.91 Å². The van der Waals surface area contributed by atoms with E-state index in [1.807, 2.05) is 0 Å². The summed E-state index contributed by atoms with van der Waals surface area (Å²) >= 11 is 1.74. The maximum absolute atomic E-state index is 12.0. The van der Waals surface area contributed by atoms with Crippen molar-refractivity contribution in [3.05, 3.63) is 34.2 Å². The molecule has 124 valence electrons. The number of nitrogens with zero attached hydrogens (tertiary/aromatic N) is 3. The van der Waals surface area contributed by atoms with Crippen LogP contribution in [0.2, 0.25) is 0 Å². The summed E-state index contributed by atoms with van der Waals surface area (Å²) in [4.78, 5) is 16.7. The van der Waals surface area contributed by atoms with Crippen LogP contribution in [0.4, 0.5) is 5.82 Å². The third kappa shape index (κ3) is 4.19. The van der Waals surface area contributed by atoms with E-state index in [-0.39, 0.29) is 5.91 Å². The number of aromatic nitrogens is 1. The quantitative estimate of drug-likeness (QED) is 0.909. The predicted octanol–water partition coefficient (Wildman–Crippen LogP) is 2.36. The lowest BCUT2D eigenvalue weighted by Gasteiger charge is -2.37. The van der Waals surface area contributed by atoms with Crippen molar-refractivity contribution in [3.8, 4) is 0 Å².